The van der Waals surface area contributed by atoms with Crippen molar-refractivity contribution in [2.24, 2.45) is 10.8 Å². The van der Waals surface area contributed by atoms with Gasteiger partial charge in [-0.15, -0.1) is 0 Å². The van der Waals surface area contributed by atoms with Crippen LogP contribution in [0.2, 0.25) is 18.1 Å². The molecule has 2 aromatic carbocycles. The highest BCUT2D eigenvalue weighted by Gasteiger charge is 2.76. The van der Waals surface area contributed by atoms with Gasteiger partial charge in [-0.3, -0.25) is 9.59 Å². The van der Waals surface area contributed by atoms with Gasteiger partial charge in [-0.05, 0) is 84.0 Å². The Balaban J connectivity index is 1.88. The predicted molar refractivity (Wildman–Crippen MR) is 173 cm³/mol. The van der Waals surface area contributed by atoms with E-state index in [-0.39, 0.29) is 29.0 Å². The summed E-state index contributed by atoms with van der Waals surface area (Å²) >= 11 is 0. The van der Waals surface area contributed by atoms with Crippen molar-refractivity contribution in [3.63, 3.8) is 0 Å². The van der Waals surface area contributed by atoms with Gasteiger partial charge in [0, 0.05) is 28.4 Å². The van der Waals surface area contributed by atoms with Crippen molar-refractivity contribution in [1.82, 2.24) is 4.90 Å². The van der Waals surface area contributed by atoms with Crippen LogP contribution in [0.25, 0.3) is 10.8 Å². The lowest BCUT2D eigenvalue weighted by molar-refractivity contribution is -0.187. The Kier molecular flexibility index (Phi) is 8.17. The molecule has 2 aromatic rings. The lowest BCUT2D eigenvalue weighted by Crippen LogP contribution is -2.49. The zero-order valence-electron chi connectivity index (χ0n) is 28.4. The zero-order chi connectivity index (χ0) is 32.5. The number of amides is 1. The summed E-state index contributed by atoms with van der Waals surface area (Å²) in [6.07, 6.45) is 0.193. The van der Waals surface area contributed by atoms with Crippen molar-refractivity contribution >= 4 is 36.9 Å². The van der Waals surface area contributed by atoms with Gasteiger partial charge in [0.2, 0.25) is 5.60 Å². The monoisotopic (exact) mass is 609 g/mol. The first-order valence-corrected chi connectivity index (χ1v) is 18.6. The zero-order valence-corrected chi connectivity index (χ0v) is 29.4. The number of carbonyl (C=O) groups excluding carboxylic acids is 3. The molecule has 0 spiro atoms. The van der Waals surface area contributed by atoms with Crippen LogP contribution in [0, 0.1) is 10.8 Å². The summed E-state index contributed by atoms with van der Waals surface area (Å²) in [5.41, 5.74) is -1.75. The summed E-state index contributed by atoms with van der Waals surface area (Å²) < 4.78 is 18.9. The lowest BCUT2D eigenvalue weighted by Gasteiger charge is -2.37. The van der Waals surface area contributed by atoms with Crippen molar-refractivity contribution in [2.45, 2.75) is 131 Å². The maximum Gasteiger partial charge on any atom is 0.351 e. The van der Waals surface area contributed by atoms with E-state index in [1.165, 1.54) is 0 Å². The van der Waals surface area contributed by atoms with Gasteiger partial charge in [0.15, 0.2) is 0 Å². The molecule has 7 nitrogen and oxygen atoms in total. The molecule has 0 unspecified atom stereocenters. The number of hydrogen-bond acceptors (Lipinski definition) is 6. The summed E-state index contributed by atoms with van der Waals surface area (Å²) in [5.74, 6) is -0.393. The first-order chi connectivity index (χ1) is 19.6. The van der Waals surface area contributed by atoms with Crippen molar-refractivity contribution in [1.29, 1.82) is 0 Å². The second-order valence-electron chi connectivity index (χ2n) is 15.4. The third-order valence-electron chi connectivity index (χ3n) is 10.9. The van der Waals surface area contributed by atoms with E-state index in [9.17, 15) is 14.4 Å². The number of benzene rings is 2. The summed E-state index contributed by atoms with van der Waals surface area (Å²) in [7, 11) is -2.28. The molecule has 1 saturated carbocycles. The first kappa shape index (κ1) is 33.0. The average Bonchev–Trinajstić information content (AvgIpc) is 3.17. The molecule has 2 fully saturated rings. The van der Waals surface area contributed by atoms with Crippen LogP contribution in [0.1, 0.15) is 111 Å². The summed E-state index contributed by atoms with van der Waals surface area (Å²) in [4.78, 5) is 43.3. The van der Waals surface area contributed by atoms with Crippen LogP contribution in [-0.4, -0.2) is 48.7 Å². The molecular weight excluding hydrogens is 558 g/mol. The molecule has 1 heterocycles. The molecule has 8 heteroatoms. The van der Waals surface area contributed by atoms with Crippen LogP contribution >= 0.6 is 0 Å². The highest BCUT2D eigenvalue weighted by molar-refractivity contribution is 6.74. The molecule has 236 valence electrons. The molecule has 1 saturated heterocycles. The quantitative estimate of drug-likeness (QED) is 0.222. The van der Waals surface area contributed by atoms with E-state index in [1.807, 2.05) is 83.7 Å². The molecule has 43 heavy (non-hydrogen) atoms. The highest BCUT2D eigenvalue weighted by atomic mass is 28.4. The van der Waals surface area contributed by atoms with E-state index in [4.69, 9.17) is 13.9 Å². The Morgan fingerprint density at radius 1 is 0.953 bits per heavy atom. The number of fused-ring (bicyclic) bond motifs is 3. The number of ether oxygens (including phenoxy) is 2. The van der Waals surface area contributed by atoms with E-state index in [0.717, 1.165) is 10.8 Å². The normalized spacial score (nSPS) is 23.9. The summed E-state index contributed by atoms with van der Waals surface area (Å²) in [6.45, 7) is 26.5. The van der Waals surface area contributed by atoms with Crippen molar-refractivity contribution in [3.8, 4) is 5.75 Å². The Bertz CT molecular complexity index is 1450. The highest BCUT2D eigenvalue weighted by Crippen LogP contribution is 2.66. The fraction of sp³-hybridized carbons (Fsp3) is 0.629. The van der Waals surface area contributed by atoms with Crippen LogP contribution in [-0.2, 0) is 19.1 Å². The number of rotatable bonds is 8. The number of hydrogen-bond donors (Lipinski definition) is 0. The molecule has 1 amide bonds. The largest absolute Gasteiger partial charge is 0.543 e. The van der Waals surface area contributed by atoms with Crippen LogP contribution in [0.3, 0.4) is 0 Å². The van der Waals surface area contributed by atoms with Gasteiger partial charge in [0.25, 0.3) is 14.2 Å². The Morgan fingerprint density at radius 2 is 1.56 bits per heavy atom. The Hall–Kier alpha value is -2.87. The standard InChI is InChI=1S/C35H51NO6Si/c1-21(2)36(22(3)4)29(37)28-25(18-17-24-15-14-16-26(27(24)28)42-43(12,13)32(6,7)8)23(5)40-31(39)35-20-19-34(11,30(38)41-35)33(35,9)10/h14-18,21-23H,19-20H2,1-13H3/t23-,34+,35-/m1/s1. The van der Waals surface area contributed by atoms with Crippen molar-refractivity contribution in [2.75, 3.05) is 0 Å². The third kappa shape index (κ3) is 4.97. The third-order valence-corrected chi connectivity index (χ3v) is 15.2. The minimum absolute atomic E-state index is 0.0533. The van der Waals surface area contributed by atoms with E-state index >= 15 is 0 Å². The molecule has 4 rings (SSSR count). The number of esters is 2. The van der Waals surface area contributed by atoms with Gasteiger partial charge in [-0.2, -0.15) is 0 Å². The van der Waals surface area contributed by atoms with Gasteiger partial charge < -0.3 is 18.8 Å². The molecule has 1 aliphatic carbocycles. The average molecular weight is 610 g/mol. The molecule has 0 N–H and O–H groups in total. The van der Waals surface area contributed by atoms with E-state index in [0.29, 0.717) is 29.7 Å². The fourth-order valence-corrected chi connectivity index (χ4v) is 7.69. The molecule has 3 atom stereocenters. The van der Waals surface area contributed by atoms with Gasteiger partial charge in [0.05, 0.1) is 11.0 Å². The molecule has 1 aliphatic heterocycles. The molecule has 2 bridgehead atoms. The van der Waals surface area contributed by atoms with Crippen LogP contribution < -0.4 is 4.43 Å². The molecule has 0 aromatic heterocycles. The minimum atomic E-state index is -2.28. The SMILES string of the molecule is CC(C)N(C(=O)c1c([C@@H](C)OC(=O)[C@@]23CC[C@@](C)(C(=O)O2)C3(C)C)ccc2cccc(O[Si](C)(C)C(C)(C)C)c12)C(C)C. The maximum atomic E-state index is 14.6. The van der Waals surface area contributed by atoms with Gasteiger partial charge in [0.1, 0.15) is 11.9 Å². The lowest BCUT2D eigenvalue weighted by atomic mass is 9.66. The number of carbonyl (C=O) groups is 3. The molecule has 2 aliphatic rings. The van der Waals surface area contributed by atoms with Gasteiger partial charge in [-0.25, -0.2) is 4.79 Å². The summed E-state index contributed by atoms with van der Waals surface area (Å²) in [5, 5.41) is 1.55. The predicted octanol–water partition coefficient (Wildman–Crippen LogP) is 8.21. The van der Waals surface area contributed by atoms with Crippen LogP contribution in [0.4, 0.5) is 0 Å². The van der Waals surface area contributed by atoms with Crippen LogP contribution in [0.15, 0.2) is 30.3 Å². The topological polar surface area (TPSA) is 82.1 Å². The van der Waals surface area contributed by atoms with Crippen molar-refractivity contribution < 1.29 is 28.3 Å². The number of nitrogens with zero attached hydrogens (tertiary/aromatic N) is 1. The van der Waals surface area contributed by atoms with Crippen LogP contribution in [0.5, 0.6) is 5.75 Å². The molecular formula is C35H51NO6Si. The smallest absolute Gasteiger partial charge is 0.351 e. The first-order valence-electron chi connectivity index (χ1n) is 15.6. The second-order valence-corrected chi connectivity index (χ2v) is 20.1. The van der Waals surface area contributed by atoms with Gasteiger partial charge >= 0.3 is 11.9 Å². The van der Waals surface area contributed by atoms with E-state index < -0.39 is 36.8 Å². The second kappa shape index (κ2) is 10.6. The molecule has 0 radical (unpaired) electrons. The Morgan fingerprint density at radius 3 is 2.05 bits per heavy atom. The minimum Gasteiger partial charge on any atom is -0.543 e. The summed E-state index contributed by atoms with van der Waals surface area (Å²) in [6, 6.07) is 9.60. The van der Waals surface area contributed by atoms with E-state index in [2.05, 4.69) is 33.9 Å². The maximum absolute atomic E-state index is 14.6. The Labute approximate surface area is 258 Å². The van der Waals surface area contributed by atoms with E-state index in [1.54, 1.807) is 6.92 Å². The van der Waals surface area contributed by atoms with Crippen molar-refractivity contribution in [3.05, 3.63) is 41.5 Å². The van der Waals surface area contributed by atoms with Gasteiger partial charge in [-0.1, -0.05) is 58.9 Å². The fourth-order valence-electron chi connectivity index (χ4n) is 6.66.